The van der Waals surface area contributed by atoms with Gasteiger partial charge in [-0.15, -0.1) is 0 Å². The molecule has 0 aliphatic heterocycles. The van der Waals surface area contributed by atoms with Crippen LogP contribution in [0, 0.1) is 20.2 Å². The maximum Gasteiger partial charge on any atom is 0.348 e. The number of benzene rings is 2. The van der Waals surface area contributed by atoms with Crippen LogP contribution in [0.2, 0.25) is 5.02 Å². The van der Waals surface area contributed by atoms with E-state index in [-0.39, 0.29) is 11.4 Å². The molecule has 1 heterocycles. The maximum absolute atomic E-state index is 12.1. The molecule has 0 radical (unpaired) electrons. The first-order valence-electron chi connectivity index (χ1n) is 8.00. The van der Waals surface area contributed by atoms with E-state index in [2.05, 4.69) is 4.99 Å². The summed E-state index contributed by atoms with van der Waals surface area (Å²) < 4.78 is 0.803. The van der Waals surface area contributed by atoms with Crippen molar-refractivity contribution in [1.82, 2.24) is 9.55 Å². The van der Waals surface area contributed by atoms with E-state index in [1.165, 1.54) is 24.3 Å². The van der Waals surface area contributed by atoms with Gasteiger partial charge in [0.2, 0.25) is 5.88 Å². The third kappa shape index (κ3) is 3.93. The first kappa shape index (κ1) is 20.4. The molecule has 0 saturated carbocycles. The van der Waals surface area contributed by atoms with E-state index in [9.17, 15) is 34.9 Å². The van der Waals surface area contributed by atoms with Gasteiger partial charge in [-0.1, -0.05) is 11.6 Å². The summed E-state index contributed by atoms with van der Waals surface area (Å²) in [5.74, 6) is -0.730. The number of aliphatic imine (C=N–C) groups is 1. The van der Waals surface area contributed by atoms with Crippen molar-refractivity contribution < 1.29 is 15.0 Å². The number of aromatic amines is 1. The predicted molar refractivity (Wildman–Crippen MR) is 106 cm³/mol. The number of halogens is 1. The van der Waals surface area contributed by atoms with E-state index in [0.29, 0.717) is 5.02 Å². The quantitative estimate of drug-likeness (QED) is 0.354. The number of aromatic nitrogens is 2. The molecule has 12 nitrogen and oxygen atoms in total. The fraction of sp³-hybridized carbons (Fsp3) is 0. The van der Waals surface area contributed by atoms with Crippen LogP contribution < -0.4 is 11.2 Å². The van der Waals surface area contributed by atoms with E-state index >= 15 is 0 Å². The Labute approximate surface area is 170 Å². The molecule has 0 aliphatic rings. The molecule has 13 heteroatoms. The molecule has 0 aliphatic carbocycles. The third-order valence-corrected chi connectivity index (χ3v) is 4.15. The zero-order chi connectivity index (χ0) is 22.0. The Balaban J connectivity index is 2.09. The van der Waals surface area contributed by atoms with Crippen LogP contribution in [0.1, 0.15) is 5.56 Å². The molecule has 2 N–H and O–H groups in total. The molecular weight excluding hydrogens is 422 g/mol. The van der Waals surface area contributed by atoms with Gasteiger partial charge in [0.1, 0.15) is 5.56 Å². The van der Waals surface area contributed by atoms with E-state index in [1.54, 1.807) is 0 Å². The van der Waals surface area contributed by atoms with Crippen LogP contribution >= 0.6 is 11.6 Å². The van der Waals surface area contributed by atoms with E-state index < -0.39 is 43.9 Å². The standard InChI is InChI=1S/C17H10ClN5O7/c18-9-1-4-11(5-2-9)21-16(25)12(15(24)20-17(21)26)8-19-10-3-6-13(22(27)28)14(7-10)23(29)30/h1-8,25H,(H,20,24,26). The molecule has 0 bridgehead atoms. The fourth-order valence-electron chi connectivity index (χ4n) is 2.52. The molecule has 0 saturated heterocycles. The number of nitrogens with zero attached hydrogens (tertiary/aromatic N) is 4. The summed E-state index contributed by atoms with van der Waals surface area (Å²) >= 11 is 5.80. The van der Waals surface area contributed by atoms with Crippen LogP contribution in [-0.4, -0.2) is 30.7 Å². The zero-order valence-corrected chi connectivity index (χ0v) is 15.4. The smallest absolute Gasteiger partial charge is 0.348 e. The van der Waals surface area contributed by atoms with Gasteiger partial charge in [0.05, 0.1) is 21.2 Å². The summed E-state index contributed by atoms with van der Waals surface area (Å²) in [6.45, 7) is 0. The van der Waals surface area contributed by atoms with E-state index in [4.69, 9.17) is 11.6 Å². The molecule has 0 unspecified atom stereocenters. The lowest BCUT2D eigenvalue weighted by Gasteiger charge is -2.09. The highest BCUT2D eigenvalue weighted by atomic mass is 35.5. The van der Waals surface area contributed by atoms with Crippen LogP contribution in [0.3, 0.4) is 0 Å². The Morgan fingerprint density at radius 3 is 2.27 bits per heavy atom. The largest absolute Gasteiger partial charge is 0.493 e. The average molecular weight is 432 g/mol. The van der Waals surface area contributed by atoms with Crippen LogP contribution in [0.25, 0.3) is 5.69 Å². The Kier molecular flexibility index (Phi) is 5.42. The van der Waals surface area contributed by atoms with Crippen molar-refractivity contribution in [2.45, 2.75) is 0 Å². The van der Waals surface area contributed by atoms with Crippen LogP contribution in [0.4, 0.5) is 17.1 Å². The van der Waals surface area contributed by atoms with Gasteiger partial charge in [0.25, 0.3) is 5.56 Å². The second kappa shape index (κ2) is 7.97. The number of hydrogen-bond acceptors (Lipinski definition) is 8. The van der Waals surface area contributed by atoms with Crippen molar-refractivity contribution in [2.75, 3.05) is 0 Å². The lowest BCUT2D eigenvalue weighted by Crippen LogP contribution is -2.31. The molecule has 0 fully saturated rings. The van der Waals surface area contributed by atoms with Gasteiger partial charge in [-0.25, -0.2) is 9.36 Å². The molecule has 0 atom stereocenters. The first-order valence-corrected chi connectivity index (χ1v) is 8.38. The molecule has 3 aromatic rings. The highest BCUT2D eigenvalue weighted by Crippen LogP contribution is 2.30. The first-order chi connectivity index (χ1) is 14.2. The van der Waals surface area contributed by atoms with Crippen LogP contribution in [0.15, 0.2) is 57.0 Å². The minimum absolute atomic E-state index is 0.0876. The Hall–Kier alpha value is -4.32. The maximum atomic E-state index is 12.1. The predicted octanol–water partition coefficient (Wildman–Crippen LogP) is 2.45. The Bertz CT molecular complexity index is 1310. The van der Waals surface area contributed by atoms with Crippen molar-refractivity contribution in [3.63, 3.8) is 0 Å². The van der Waals surface area contributed by atoms with Gasteiger partial charge in [0, 0.05) is 23.4 Å². The summed E-state index contributed by atoms with van der Waals surface area (Å²) in [5, 5.41) is 32.7. The molecule has 3 rings (SSSR count). The summed E-state index contributed by atoms with van der Waals surface area (Å²) in [6.07, 6.45) is 0.880. The number of nitro benzene ring substituents is 2. The normalized spacial score (nSPS) is 11.0. The SMILES string of the molecule is O=c1[nH]c(=O)n(-c2ccc(Cl)cc2)c(O)c1C=Nc1ccc([N+](=O)[O-])c([N+](=O)[O-])c1. The van der Waals surface area contributed by atoms with Gasteiger partial charge in [-0.3, -0.25) is 35.0 Å². The fourth-order valence-corrected chi connectivity index (χ4v) is 2.64. The van der Waals surface area contributed by atoms with Gasteiger partial charge in [-0.05, 0) is 30.3 Å². The minimum Gasteiger partial charge on any atom is -0.493 e. The summed E-state index contributed by atoms with van der Waals surface area (Å²) in [6, 6.07) is 8.67. The lowest BCUT2D eigenvalue weighted by atomic mass is 10.2. The highest BCUT2D eigenvalue weighted by molar-refractivity contribution is 6.30. The Morgan fingerprint density at radius 1 is 1.03 bits per heavy atom. The molecule has 30 heavy (non-hydrogen) atoms. The van der Waals surface area contributed by atoms with E-state index in [1.807, 2.05) is 4.98 Å². The molecule has 1 aromatic heterocycles. The van der Waals surface area contributed by atoms with Crippen molar-refractivity contribution >= 4 is 34.9 Å². The number of hydrogen-bond donors (Lipinski definition) is 2. The average Bonchev–Trinajstić information content (AvgIpc) is 2.68. The Morgan fingerprint density at radius 2 is 1.67 bits per heavy atom. The number of rotatable bonds is 5. The number of H-pyrrole nitrogens is 1. The van der Waals surface area contributed by atoms with Crippen molar-refractivity contribution in [1.29, 1.82) is 0 Å². The monoisotopic (exact) mass is 431 g/mol. The van der Waals surface area contributed by atoms with Crippen LogP contribution in [-0.2, 0) is 0 Å². The van der Waals surface area contributed by atoms with Gasteiger partial charge < -0.3 is 5.11 Å². The van der Waals surface area contributed by atoms with Crippen molar-refractivity contribution in [3.05, 3.63) is 94.1 Å². The molecule has 152 valence electrons. The second-order valence-electron chi connectivity index (χ2n) is 5.75. The second-order valence-corrected chi connectivity index (χ2v) is 6.19. The topological polar surface area (TPSA) is 174 Å². The van der Waals surface area contributed by atoms with Crippen molar-refractivity contribution in [2.24, 2.45) is 4.99 Å². The van der Waals surface area contributed by atoms with Gasteiger partial charge in [0.15, 0.2) is 0 Å². The van der Waals surface area contributed by atoms with Crippen molar-refractivity contribution in [3.8, 4) is 11.6 Å². The third-order valence-electron chi connectivity index (χ3n) is 3.90. The molecule has 0 amide bonds. The van der Waals surface area contributed by atoms with E-state index in [0.717, 1.165) is 29.0 Å². The summed E-state index contributed by atoms with van der Waals surface area (Å²) in [5.41, 5.74) is -3.68. The number of nitrogens with one attached hydrogen (secondary N) is 1. The zero-order valence-electron chi connectivity index (χ0n) is 14.7. The molecular formula is C17H10ClN5O7. The molecule has 2 aromatic carbocycles. The summed E-state index contributed by atoms with van der Waals surface area (Å²) in [7, 11) is 0. The number of aromatic hydroxyl groups is 1. The lowest BCUT2D eigenvalue weighted by molar-refractivity contribution is -0.422. The molecule has 0 spiro atoms. The summed E-state index contributed by atoms with van der Waals surface area (Å²) in [4.78, 5) is 50.1. The highest BCUT2D eigenvalue weighted by Gasteiger charge is 2.24. The minimum atomic E-state index is -0.956. The van der Waals surface area contributed by atoms with Crippen LogP contribution in [0.5, 0.6) is 5.88 Å². The number of nitro groups is 2. The van der Waals surface area contributed by atoms with Gasteiger partial charge >= 0.3 is 17.1 Å². The van der Waals surface area contributed by atoms with Gasteiger partial charge in [-0.2, -0.15) is 0 Å².